The van der Waals surface area contributed by atoms with Crippen LogP contribution in [0.1, 0.15) is 33.1 Å². The topological polar surface area (TPSA) is 160 Å². The summed E-state index contributed by atoms with van der Waals surface area (Å²) < 4.78 is 5.40. The molecule has 1 heterocycles. The SMILES string of the molecule is CCCC(=O)NC(CSC1OC(CO)C(O)C(O)C1O)C(O)C(O)CC. The predicted molar refractivity (Wildman–Crippen MR) is 95.4 cm³/mol. The lowest BCUT2D eigenvalue weighted by atomic mass is 10.0. The van der Waals surface area contributed by atoms with E-state index in [4.69, 9.17) is 4.74 Å². The Labute approximate surface area is 157 Å². The number of carbonyl (C=O) groups is 1. The monoisotopic (exact) mass is 397 g/mol. The number of aliphatic hydroxyl groups is 6. The first-order chi connectivity index (χ1) is 12.3. The molecule has 0 saturated carbocycles. The average molecular weight is 397 g/mol. The molecule has 8 unspecified atom stereocenters. The molecule has 1 aliphatic heterocycles. The number of nitrogens with one attached hydrogen (secondary N) is 1. The van der Waals surface area contributed by atoms with E-state index >= 15 is 0 Å². The minimum absolute atomic E-state index is 0.0936. The van der Waals surface area contributed by atoms with Crippen LogP contribution in [0, 0.1) is 0 Å². The minimum Gasteiger partial charge on any atom is -0.394 e. The van der Waals surface area contributed by atoms with E-state index in [1.54, 1.807) is 6.92 Å². The number of amides is 1. The molecule has 1 amide bonds. The number of ether oxygens (including phenoxy) is 1. The molecule has 154 valence electrons. The molecule has 1 fully saturated rings. The van der Waals surface area contributed by atoms with Crippen molar-refractivity contribution in [2.24, 2.45) is 0 Å². The normalized spacial score (nSPS) is 32.7. The Bertz CT molecular complexity index is 427. The van der Waals surface area contributed by atoms with Crippen molar-refractivity contribution < 1.29 is 40.2 Å². The summed E-state index contributed by atoms with van der Waals surface area (Å²) in [5, 5.41) is 61.7. The molecule has 26 heavy (non-hydrogen) atoms. The molecule has 0 spiro atoms. The lowest BCUT2D eigenvalue weighted by Gasteiger charge is -2.40. The van der Waals surface area contributed by atoms with Crippen molar-refractivity contribution in [1.29, 1.82) is 0 Å². The fourth-order valence-electron chi connectivity index (χ4n) is 2.64. The standard InChI is InChI=1S/C16H31NO8S/c1-3-5-11(20)17-8(12(21)9(19)4-2)7-26-16-15(24)14(23)13(22)10(6-18)25-16/h8-10,12-16,18-19,21-24H,3-7H2,1-2H3,(H,17,20). The van der Waals surface area contributed by atoms with Gasteiger partial charge in [0.1, 0.15) is 36.0 Å². The zero-order chi connectivity index (χ0) is 19.9. The summed E-state index contributed by atoms with van der Waals surface area (Å²) in [5.41, 5.74) is -0.970. The highest BCUT2D eigenvalue weighted by Crippen LogP contribution is 2.29. The van der Waals surface area contributed by atoms with Gasteiger partial charge >= 0.3 is 0 Å². The van der Waals surface area contributed by atoms with E-state index < -0.39 is 54.7 Å². The number of hydrogen-bond donors (Lipinski definition) is 7. The summed E-state index contributed by atoms with van der Waals surface area (Å²) in [6, 6.07) is -0.790. The van der Waals surface area contributed by atoms with E-state index in [-0.39, 0.29) is 18.1 Å². The van der Waals surface area contributed by atoms with Crippen molar-refractivity contribution in [3.8, 4) is 0 Å². The van der Waals surface area contributed by atoms with Crippen LogP contribution in [0.25, 0.3) is 0 Å². The molecule has 0 aliphatic carbocycles. The third-order valence-electron chi connectivity index (χ3n) is 4.34. The highest BCUT2D eigenvalue weighted by Gasteiger charge is 2.44. The Morgan fingerprint density at radius 2 is 1.81 bits per heavy atom. The molecular formula is C16H31NO8S. The van der Waals surface area contributed by atoms with Gasteiger partial charge in [-0.2, -0.15) is 0 Å². The maximum atomic E-state index is 11.9. The predicted octanol–water partition coefficient (Wildman–Crippen LogP) is -2.06. The first kappa shape index (κ1) is 23.6. The fourth-order valence-corrected chi connectivity index (χ4v) is 3.90. The molecule has 1 aliphatic rings. The lowest BCUT2D eigenvalue weighted by molar-refractivity contribution is -0.205. The number of thioether (sulfide) groups is 1. The summed E-state index contributed by atoms with van der Waals surface area (Å²) in [4.78, 5) is 11.9. The van der Waals surface area contributed by atoms with Gasteiger partial charge in [-0.05, 0) is 12.8 Å². The Morgan fingerprint density at radius 3 is 2.35 bits per heavy atom. The lowest BCUT2D eigenvalue weighted by Crippen LogP contribution is -2.58. The Kier molecular flexibility index (Phi) is 10.3. The van der Waals surface area contributed by atoms with Crippen LogP contribution in [0.15, 0.2) is 0 Å². The molecule has 7 N–H and O–H groups in total. The summed E-state index contributed by atoms with van der Waals surface area (Å²) in [7, 11) is 0. The third kappa shape index (κ3) is 6.31. The van der Waals surface area contributed by atoms with Crippen LogP contribution in [0.5, 0.6) is 0 Å². The molecule has 8 atom stereocenters. The van der Waals surface area contributed by atoms with Gasteiger partial charge in [0, 0.05) is 12.2 Å². The first-order valence-corrected chi connectivity index (χ1v) is 9.89. The van der Waals surface area contributed by atoms with Gasteiger partial charge in [0.15, 0.2) is 0 Å². The quantitative estimate of drug-likeness (QED) is 0.220. The van der Waals surface area contributed by atoms with Crippen LogP contribution in [-0.2, 0) is 9.53 Å². The third-order valence-corrected chi connectivity index (χ3v) is 5.61. The van der Waals surface area contributed by atoms with E-state index in [1.807, 2.05) is 6.92 Å². The Balaban J connectivity index is 2.75. The highest BCUT2D eigenvalue weighted by atomic mass is 32.2. The van der Waals surface area contributed by atoms with Gasteiger partial charge in [0.2, 0.25) is 5.91 Å². The second kappa shape index (κ2) is 11.4. The molecule has 0 aromatic rings. The van der Waals surface area contributed by atoms with Gasteiger partial charge in [-0.15, -0.1) is 11.8 Å². The smallest absolute Gasteiger partial charge is 0.220 e. The zero-order valence-electron chi connectivity index (χ0n) is 15.1. The van der Waals surface area contributed by atoms with Gasteiger partial charge in [-0.1, -0.05) is 13.8 Å². The van der Waals surface area contributed by atoms with Gasteiger partial charge < -0.3 is 40.7 Å². The summed E-state index contributed by atoms with van der Waals surface area (Å²) in [6.45, 7) is 3.01. The summed E-state index contributed by atoms with van der Waals surface area (Å²) in [6.07, 6.45) is -6.40. The fraction of sp³-hybridized carbons (Fsp3) is 0.938. The number of aliphatic hydroxyl groups excluding tert-OH is 6. The van der Waals surface area contributed by atoms with Crippen LogP contribution in [-0.4, -0.2) is 97.0 Å². The molecule has 1 saturated heterocycles. The van der Waals surface area contributed by atoms with E-state index in [0.29, 0.717) is 12.8 Å². The van der Waals surface area contributed by atoms with Gasteiger partial charge in [0.25, 0.3) is 0 Å². The van der Waals surface area contributed by atoms with E-state index in [9.17, 15) is 35.4 Å². The maximum Gasteiger partial charge on any atom is 0.220 e. The summed E-state index contributed by atoms with van der Waals surface area (Å²) >= 11 is 1.01. The molecule has 0 aromatic carbocycles. The van der Waals surface area contributed by atoms with Crippen molar-refractivity contribution >= 4 is 17.7 Å². The van der Waals surface area contributed by atoms with E-state index in [2.05, 4.69) is 5.32 Å². The van der Waals surface area contributed by atoms with Gasteiger partial charge in [0.05, 0.1) is 18.8 Å². The zero-order valence-corrected chi connectivity index (χ0v) is 15.9. The molecule has 1 rings (SSSR count). The van der Waals surface area contributed by atoms with E-state index in [1.165, 1.54) is 0 Å². The molecular weight excluding hydrogens is 366 g/mol. The molecule has 0 aromatic heterocycles. The van der Waals surface area contributed by atoms with Crippen molar-refractivity contribution in [3.05, 3.63) is 0 Å². The maximum absolute atomic E-state index is 11.9. The van der Waals surface area contributed by atoms with Crippen LogP contribution < -0.4 is 5.32 Å². The van der Waals surface area contributed by atoms with Crippen molar-refractivity contribution in [2.75, 3.05) is 12.4 Å². The Morgan fingerprint density at radius 1 is 1.15 bits per heavy atom. The van der Waals surface area contributed by atoms with Gasteiger partial charge in [-0.25, -0.2) is 0 Å². The highest BCUT2D eigenvalue weighted by molar-refractivity contribution is 7.99. The second-order valence-electron chi connectivity index (χ2n) is 6.42. The molecule has 0 radical (unpaired) electrons. The average Bonchev–Trinajstić information content (AvgIpc) is 2.63. The molecule has 9 nitrogen and oxygen atoms in total. The largest absolute Gasteiger partial charge is 0.394 e. The minimum atomic E-state index is -1.49. The summed E-state index contributed by atoms with van der Waals surface area (Å²) in [5.74, 6) is -0.176. The van der Waals surface area contributed by atoms with Crippen molar-refractivity contribution in [1.82, 2.24) is 5.32 Å². The van der Waals surface area contributed by atoms with Crippen LogP contribution >= 0.6 is 11.8 Å². The number of hydrogen-bond acceptors (Lipinski definition) is 9. The Hall–Kier alpha value is -0.460. The second-order valence-corrected chi connectivity index (χ2v) is 7.55. The molecule has 0 bridgehead atoms. The number of rotatable bonds is 10. The number of carbonyl (C=O) groups excluding carboxylic acids is 1. The van der Waals surface area contributed by atoms with Crippen molar-refractivity contribution in [2.45, 2.75) is 81.2 Å². The van der Waals surface area contributed by atoms with E-state index in [0.717, 1.165) is 11.8 Å². The van der Waals surface area contributed by atoms with Crippen LogP contribution in [0.4, 0.5) is 0 Å². The van der Waals surface area contributed by atoms with Gasteiger partial charge in [-0.3, -0.25) is 4.79 Å². The molecule has 10 heteroatoms. The van der Waals surface area contributed by atoms with Crippen LogP contribution in [0.2, 0.25) is 0 Å². The van der Waals surface area contributed by atoms with Crippen molar-refractivity contribution in [3.63, 3.8) is 0 Å². The first-order valence-electron chi connectivity index (χ1n) is 8.84. The van der Waals surface area contributed by atoms with Crippen LogP contribution in [0.3, 0.4) is 0 Å².